The zero-order valence-electron chi connectivity index (χ0n) is 14.2. The molecular formula is C20H18N4O. The van der Waals surface area contributed by atoms with Crippen molar-refractivity contribution in [3.05, 3.63) is 71.5 Å². The summed E-state index contributed by atoms with van der Waals surface area (Å²) >= 11 is 0. The quantitative estimate of drug-likeness (QED) is 0.596. The smallest absolute Gasteiger partial charge is 0.228 e. The normalized spacial score (nSPS) is 11.0. The first kappa shape index (κ1) is 15.3. The van der Waals surface area contributed by atoms with Crippen LogP contribution in [0, 0.1) is 13.8 Å². The van der Waals surface area contributed by atoms with Crippen molar-refractivity contribution >= 4 is 16.9 Å². The molecule has 0 aliphatic heterocycles. The molecule has 0 radical (unpaired) electrons. The molecule has 2 aromatic heterocycles. The van der Waals surface area contributed by atoms with E-state index in [0.29, 0.717) is 23.8 Å². The van der Waals surface area contributed by atoms with Crippen LogP contribution in [0.15, 0.2) is 59.1 Å². The molecule has 0 amide bonds. The largest absolute Gasteiger partial charge is 0.363 e. The molecule has 0 aliphatic rings. The number of benzene rings is 2. The van der Waals surface area contributed by atoms with Gasteiger partial charge in [0.05, 0.1) is 0 Å². The summed E-state index contributed by atoms with van der Waals surface area (Å²) < 4.78 is 5.57. The monoisotopic (exact) mass is 330 g/mol. The Balaban J connectivity index is 1.72. The van der Waals surface area contributed by atoms with Gasteiger partial charge in [-0.25, -0.2) is 9.97 Å². The Morgan fingerprint density at radius 2 is 1.68 bits per heavy atom. The molecule has 0 unspecified atom stereocenters. The van der Waals surface area contributed by atoms with Gasteiger partial charge in [0.1, 0.15) is 17.0 Å². The number of aryl methyl sites for hydroxylation is 2. The molecule has 2 heterocycles. The summed E-state index contributed by atoms with van der Waals surface area (Å²) in [6.07, 6.45) is 0. The Morgan fingerprint density at radius 1 is 0.920 bits per heavy atom. The zero-order chi connectivity index (χ0) is 17.2. The lowest BCUT2D eigenvalue weighted by atomic mass is 10.1. The number of hydrogen-bond acceptors (Lipinski definition) is 5. The first-order valence-electron chi connectivity index (χ1n) is 8.19. The lowest BCUT2D eigenvalue weighted by molar-refractivity contribution is 0.459. The third-order valence-corrected chi connectivity index (χ3v) is 4.06. The van der Waals surface area contributed by atoms with E-state index in [1.165, 1.54) is 11.1 Å². The topological polar surface area (TPSA) is 63.8 Å². The highest BCUT2D eigenvalue weighted by molar-refractivity contribution is 5.93. The van der Waals surface area contributed by atoms with E-state index in [-0.39, 0.29) is 0 Å². The van der Waals surface area contributed by atoms with Gasteiger partial charge >= 0.3 is 0 Å². The highest BCUT2D eigenvalue weighted by atomic mass is 16.5. The molecule has 4 rings (SSSR count). The van der Waals surface area contributed by atoms with Crippen LogP contribution in [0.5, 0.6) is 0 Å². The standard InChI is InChI=1S/C20H18N4O/c1-13-8-10-16(11-9-13)17-18-19(25-24-17)20(23-14(2)22-18)21-12-15-6-4-3-5-7-15/h3-11H,12H2,1-2H3,(H,21,22,23). The fraction of sp³-hybridized carbons (Fsp3) is 0.150. The van der Waals surface area contributed by atoms with E-state index in [1.807, 2.05) is 37.3 Å². The molecule has 5 nitrogen and oxygen atoms in total. The number of hydrogen-bond donors (Lipinski definition) is 1. The first-order chi connectivity index (χ1) is 12.2. The maximum Gasteiger partial charge on any atom is 0.228 e. The molecule has 0 saturated heterocycles. The van der Waals surface area contributed by atoms with Gasteiger partial charge in [0.15, 0.2) is 5.82 Å². The van der Waals surface area contributed by atoms with Crippen molar-refractivity contribution in [3.8, 4) is 11.3 Å². The third kappa shape index (κ3) is 3.08. The highest BCUT2D eigenvalue weighted by Gasteiger charge is 2.17. The Morgan fingerprint density at radius 3 is 2.44 bits per heavy atom. The average Bonchev–Trinajstić information content (AvgIpc) is 3.05. The molecule has 2 aromatic carbocycles. The van der Waals surface area contributed by atoms with Crippen LogP contribution in [0.25, 0.3) is 22.4 Å². The van der Waals surface area contributed by atoms with Crippen LogP contribution in [0.2, 0.25) is 0 Å². The minimum absolute atomic E-state index is 0.581. The third-order valence-electron chi connectivity index (χ3n) is 4.06. The van der Waals surface area contributed by atoms with Crippen molar-refractivity contribution in [1.82, 2.24) is 15.1 Å². The van der Waals surface area contributed by atoms with Gasteiger partial charge in [-0.15, -0.1) is 0 Å². The second-order valence-corrected chi connectivity index (χ2v) is 6.03. The lowest BCUT2D eigenvalue weighted by Crippen LogP contribution is -2.03. The first-order valence-corrected chi connectivity index (χ1v) is 8.19. The summed E-state index contributed by atoms with van der Waals surface area (Å²) in [5.74, 6) is 1.34. The number of nitrogens with one attached hydrogen (secondary N) is 1. The van der Waals surface area contributed by atoms with Gasteiger partial charge in [-0.05, 0) is 19.4 Å². The minimum atomic E-state index is 0.581. The van der Waals surface area contributed by atoms with Crippen molar-refractivity contribution in [3.63, 3.8) is 0 Å². The van der Waals surface area contributed by atoms with Gasteiger partial charge in [0, 0.05) is 12.1 Å². The summed E-state index contributed by atoms with van der Waals surface area (Å²) in [5.41, 5.74) is 5.40. The van der Waals surface area contributed by atoms with E-state index in [1.54, 1.807) is 0 Å². The minimum Gasteiger partial charge on any atom is -0.363 e. The average molecular weight is 330 g/mol. The molecule has 25 heavy (non-hydrogen) atoms. The SMILES string of the molecule is Cc1ccc(-c2noc3c(NCc4ccccc4)nc(C)nc23)cc1. The number of fused-ring (bicyclic) bond motifs is 1. The molecule has 0 bridgehead atoms. The van der Waals surface area contributed by atoms with Crippen LogP contribution in [0.4, 0.5) is 5.82 Å². The molecule has 124 valence electrons. The van der Waals surface area contributed by atoms with Crippen LogP contribution in [0.1, 0.15) is 17.0 Å². The van der Waals surface area contributed by atoms with E-state index < -0.39 is 0 Å². The number of nitrogens with zero attached hydrogens (tertiary/aromatic N) is 3. The van der Waals surface area contributed by atoms with Gasteiger partial charge in [-0.2, -0.15) is 0 Å². The second kappa shape index (κ2) is 6.36. The second-order valence-electron chi connectivity index (χ2n) is 6.03. The predicted octanol–water partition coefficient (Wildman–Crippen LogP) is 4.51. The molecule has 4 aromatic rings. The highest BCUT2D eigenvalue weighted by Crippen LogP contribution is 2.30. The lowest BCUT2D eigenvalue weighted by Gasteiger charge is -2.06. The molecule has 0 aliphatic carbocycles. The Kier molecular flexibility index (Phi) is 3.90. The van der Waals surface area contributed by atoms with Crippen LogP contribution in [-0.4, -0.2) is 15.1 Å². The maximum absolute atomic E-state index is 5.57. The van der Waals surface area contributed by atoms with Gasteiger partial charge < -0.3 is 9.84 Å². The maximum atomic E-state index is 5.57. The number of anilines is 1. The van der Waals surface area contributed by atoms with Gasteiger partial charge in [-0.1, -0.05) is 65.3 Å². The van der Waals surface area contributed by atoms with Crippen molar-refractivity contribution in [2.45, 2.75) is 20.4 Å². The van der Waals surface area contributed by atoms with E-state index in [2.05, 4.69) is 51.6 Å². The molecule has 0 spiro atoms. The number of aromatic nitrogens is 3. The molecule has 0 saturated carbocycles. The summed E-state index contributed by atoms with van der Waals surface area (Å²) in [6, 6.07) is 18.3. The van der Waals surface area contributed by atoms with E-state index in [0.717, 1.165) is 16.8 Å². The van der Waals surface area contributed by atoms with Crippen LogP contribution < -0.4 is 5.32 Å². The Bertz CT molecular complexity index is 1010. The van der Waals surface area contributed by atoms with E-state index >= 15 is 0 Å². The molecule has 1 N–H and O–H groups in total. The molecule has 5 heteroatoms. The van der Waals surface area contributed by atoms with E-state index in [4.69, 9.17) is 4.52 Å². The number of rotatable bonds is 4. The van der Waals surface area contributed by atoms with Crippen molar-refractivity contribution < 1.29 is 4.52 Å². The fourth-order valence-corrected chi connectivity index (χ4v) is 2.75. The predicted molar refractivity (Wildman–Crippen MR) is 98.3 cm³/mol. The summed E-state index contributed by atoms with van der Waals surface area (Å²) in [7, 11) is 0. The Labute approximate surface area is 145 Å². The summed E-state index contributed by atoms with van der Waals surface area (Å²) in [6.45, 7) is 4.59. The summed E-state index contributed by atoms with van der Waals surface area (Å²) in [4.78, 5) is 9.02. The summed E-state index contributed by atoms with van der Waals surface area (Å²) in [5, 5.41) is 7.57. The van der Waals surface area contributed by atoms with Crippen molar-refractivity contribution in [2.75, 3.05) is 5.32 Å². The zero-order valence-corrected chi connectivity index (χ0v) is 14.2. The molecular weight excluding hydrogens is 312 g/mol. The van der Waals surface area contributed by atoms with Crippen LogP contribution in [0.3, 0.4) is 0 Å². The van der Waals surface area contributed by atoms with Gasteiger partial charge in [0.2, 0.25) is 5.58 Å². The van der Waals surface area contributed by atoms with Gasteiger partial charge in [-0.3, -0.25) is 0 Å². The van der Waals surface area contributed by atoms with Crippen LogP contribution in [-0.2, 0) is 6.54 Å². The Hall–Kier alpha value is -3.21. The van der Waals surface area contributed by atoms with Crippen molar-refractivity contribution in [1.29, 1.82) is 0 Å². The fourth-order valence-electron chi connectivity index (χ4n) is 2.75. The van der Waals surface area contributed by atoms with Gasteiger partial charge in [0.25, 0.3) is 0 Å². The molecule has 0 atom stereocenters. The molecule has 0 fully saturated rings. The van der Waals surface area contributed by atoms with E-state index in [9.17, 15) is 0 Å². The van der Waals surface area contributed by atoms with Crippen molar-refractivity contribution in [2.24, 2.45) is 0 Å². The van der Waals surface area contributed by atoms with Crippen LogP contribution >= 0.6 is 0 Å².